The number of aliphatic hydroxyl groups excluding tert-OH is 1. The van der Waals surface area contributed by atoms with E-state index in [9.17, 15) is 14.7 Å². The van der Waals surface area contributed by atoms with Crippen LogP contribution >= 0.6 is 50.6 Å². The van der Waals surface area contributed by atoms with E-state index in [2.05, 4.69) is 26.1 Å². The fourth-order valence-corrected chi connectivity index (χ4v) is 6.89. The number of halogens is 2. The molecule has 2 heterocycles. The minimum absolute atomic E-state index is 0.0270. The molecule has 0 radical (unpaired) electrons. The van der Waals surface area contributed by atoms with E-state index in [-0.39, 0.29) is 16.5 Å². The summed E-state index contributed by atoms with van der Waals surface area (Å²) in [5, 5.41) is 20.9. The molecule has 4 aromatic carbocycles. The van der Waals surface area contributed by atoms with E-state index >= 15 is 0 Å². The molecule has 1 aliphatic heterocycles. The number of hydrogen-bond acceptors (Lipinski definition) is 8. The molecule has 1 amide bonds. The Labute approximate surface area is 275 Å². The number of nitrogens with zero attached hydrogens (tertiary/aromatic N) is 3. The van der Waals surface area contributed by atoms with Crippen molar-refractivity contribution in [1.82, 2.24) is 10.2 Å². The Hall–Kier alpha value is -3.96. The number of anilines is 1. The normalized spacial score (nSPS) is 16.0. The molecule has 1 N–H and O–H groups in total. The van der Waals surface area contributed by atoms with Gasteiger partial charge in [-0.25, -0.2) is 0 Å². The number of ether oxygens (including phenoxy) is 1. The van der Waals surface area contributed by atoms with Crippen LogP contribution in [-0.4, -0.2) is 27.0 Å². The van der Waals surface area contributed by atoms with Gasteiger partial charge in [0.1, 0.15) is 18.1 Å². The van der Waals surface area contributed by atoms with Crippen LogP contribution in [0.3, 0.4) is 0 Å². The first-order valence-electron chi connectivity index (χ1n) is 13.4. The van der Waals surface area contributed by atoms with Crippen LogP contribution in [0.2, 0.25) is 5.02 Å². The summed E-state index contributed by atoms with van der Waals surface area (Å²) < 4.78 is 7.39. The van der Waals surface area contributed by atoms with Gasteiger partial charge in [0.05, 0.1) is 11.6 Å². The number of carbonyl (C=O) groups is 2. The summed E-state index contributed by atoms with van der Waals surface area (Å²) in [6.45, 7) is 0.392. The lowest BCUT2D eigenvalue weighted by atomic mass is 9.95. The van der Waals surface area contributed by atoms with Gasteiger partial charge in [0, 0.05) is 20.8 Å². The number of ketones is 1. The largest absolute Gasteiger partial charge is 0.507 e. The smallest absolute Gasteiger partial charge is 0.301 e. The number of Topliss-reactive ketones (excluding diaryl/α,β-unsaturated/α-hetero) is 1. The van der Waals surface area contributed by atoms with Crippen molar-refractivity contribution in [3.63, 3.8) is 0 Å². The fourth-order valence-electron chi connectivity index (χ4n) is 4.68. The number of hydrogen-bond donors (Lipinski definition) is 1. The average molecular weight is 705 g/mol. The highest BCUT2D eigenvalue weighted by Gasteiger charge is 2.48. The minimum atomic E-state index is -0.927. The molecule has 7 nitrogen and oxygen atoms in total. The van der Waals surface area contributed by atoms with Gasteiger partial charge >= 0.3 is 5.91 Å². The number of aromatic nitrogens is 2. The first-order valence-corrected chi connectivity index (χ1v) is 16.4. The van der Waals surface area contributed by atoms with Gasteiger partial charge in [-0.05, 0) is 53.1 Å². The van der Waals surface area contributed by atoms with E-state index in [0.717, 1.165) is 15.6 Å². The number of amides is 1. The third kappa shape index (κ3) is 6.58. The maximum absolute atomic E-state index is 13.6. The molecule has 11 heteroatoms. The van der Waals surface area contributed by atoms with Crippen LogP contribution < -0.4 is 9.64 Å². The molecule has 0 aliphatic carbocycles. The zero-order chi connectivity index (χ0) is 30.6. The summed E-state index contributed by atoms with van der Waals surface area (Å²) in [6, 6.07) is 30.4. The van der Waals surface area contributed by atoms with Crippen molar-refractivity contribution in [3.05, 3.63) is 140 Å². The Morgan fingerprint density at radius 1 is 0.909 bits per heavy atom. The monoisotopic (exact) mass is 703 g/mol. The molecule has 1 fully saturated rings. The van der Waals surface area contributed by atoms with Crippen molar-refractivity contribution in [1.29, 1.82) is 0 Å². The summed E-state index contributed by atoms with van der Waals surface area (Å²) in [5.41, 5.74) is 3.08. The Bertz CT molecular complexity index is 1830. The molecule has 5 aromatic rings. The van der Waals surface area contributed by atoms with Crippen molar-refractivity contribution >= 4 is 73.2 Å². The Morgan fingerprint density at radius 3 is 2.32 bits per heavy atom. The molecule has 1 aromatic heterocycles. The Morgan fingerprint density at radius 2 is 1.61 bits per heavy atom. The molecule has 0 saturated carbocycles. The highest BCUT2D eigenvalue weighted by molar-refractivity contribution is 9.10. The van der Waals surface area contributed by atoms with Crippen LogP contribution in [0, 0.1) is 0 Å². The molecular weight excluding hydrogens is 682 g/mol. The van der Waals surface area contributed by atoms with Crippen LogP contribution in [-0.2, 0) is 21.9 Å². The summed E-state index contributed by atoms with van der Waals surface area (Å²) in [6.07, 6.45) is 0. The second kappa shape index (κ2) is 13.4. The zero-order valence-electron chi connectivity index (χ0n) is 22.9. The highest BCUT2D eigenvalue weighted by Crippen LogP contribution is 2.44. The van der Waals surface area contributed by atoms with Gasteiger partial charge in [-0.1, -0.05) is 117 Å². The third-order valence-corrected chi connectivity index (χ3v) is 9.79. The van der Waals surface area contributed by atoms with Gasteiger partial charge < -0.3 is 9.84 Å². The van der Waals surface area contributed by atoms with Gasteiger partial charge in [-0.15, -0.1) is 10.2 Å². The lowest BCUT2D eigenvalue weighted by Crippen LogP contribution is -2.29. The SMILES string of the molecule is O=C1C(=O)N(c2nnc(SCc3ccc(Cl)cc3)s2)C(c2ccc(OCc3ccccc3)cc2)/C1=C(/O)c1ccc(Br)cc1. The lowest BCUT2D eigenvalue weighted by Gasteiger charge is -2.22. The molecule has 1 unspecified atom stereocenters. The van der Waals surface area contributed by atoms with Crippen molar-refractivity contribution in [2.24, 2.45) is 0 Å². The van der Waals surface area contributed by atoms with Crippen LogP contribution in [0.4, 0.5) is 5.13 Å². The standard InChI is InChI=1S/C33H23BrClN3O4S2/c34-24-12-8-23(9-13-24)29(39)27-28(22-10-16-26(17-11-22)42-18-20-4-2-1-3-5-20)38(31(41)30(27)40)32-36-37-33(44-32)43-19-21-6-14-25(35)15-7-21/h1-17,28,39H,18-19H2/b29-27-. The van der Waals surface area contributed by atoms with Crippen molar-refractivity contribution < 1.29 is 19.4 Å². The lowest BCUT2D eigenvalue weighted by molar-refractivity contribution is -0.132. The molecule has 220 valence electrons. The van der Waals surface area contributed by atoms with E-state index < -0.39 is 17.7 Å². The average Bonchev–Trinajstić information content (AvgIpc) is 3.62. The first kappa shape index (κ1) is 30.1. The van der Waals surface area contributed by atoms with Gasteiger partial charge in [0.25, 0.3) is 5.78 Å². The van der Waals surface area contributed by atoms with Crippen LogP contribution in [0.25, 0.3) is 5.76 Å². The summed E-state index contributed by atoms with van der Waals surface area (Å²) >= 11 is 12.1. The number of thioether (sulfide) groups is 1. The van der Waals surface area contributed by atoms with E-state index in [1.165, 1.54) is 28.0 Å². The maximum atomic E-state index is 13.6. The van der Waals surface area contributed by atoms with Crippen LogP contribution in [0.15, 0.2) is 118 Å². The fraction of sp³-hybridized carbons (Fsp3) is 0.0909. The second-order valence-electron chi connectivity index (χ2n) is 9.78. The number of aliphatic hydroxyl groups is 1. The molecule has 0 spiro atoms. The molecule has 1 atom stereocenters. The molecule has 1 aliphatic rings. The quantitative estimate of drug-likeness (QED) is 0.0541. The first-order chi connectivity index (χ1) is 21.4. The van der Waals surface area contributed by atoms with Crippen molar-refractivity contribution in [3.8, 4) is 5.75 Å². The number of rotatable bonds is 9. The predicted molar refractivity (Wildman–Crippen MR) is 177 cm³/mol. The van der Waals surface area contributed by atoms with E-state index in [1.54, 1.807) is 48.5 Å². The summed E-state index contributed by atoms with van der Waals surface area (Å²) in [5.74, 6) is -0.607. The zero-order valence-corrected chi connectivity index (χ0v) is 26.9. The molecule has 0 bridgehead atoms. The second-order valence-corrected chi connectivity index (χ2v) is 13.3. The van der Waals surface area contributed by atoms with E-state index in [4.69, 9.17) is 16.3 Å². The van der Waals surface area contributed by atoms with Gasteiger partial charge in [0.2, 0.25) is 5.13 Å². The number of benzene rings is 4. The maximum Gasteiger partial charge on any atom is 0.301 e. The topological polar surface area (TPSA) is 92.6 Å². The van der Waals surface area contributed by atoms with Gasteiger partial charge in [-0.3, -0.25) is 14.5 Å². The molecule has 44 heavy (non-hydrogen) atoms. The molecule has 6 rings (SSSR count). The predicted octanol–water partition coefficient (Wildman–Crippen LogP) is 8.45. The third-order valence-electron chi connectivity index (χ3n) is 6.88. The van der Waals surface area contributed by atoms with Crippen molar-refractivity contribution in [2.75, 3.05) is 4.90 Å². The number of carbonyl (C=O) groups excluding carboxylic acids is 2. The highest BCUT2D eigenvalue weighted by atomic mass is 79.9. The Kier molecular flexibility index (Phi) is 9.13. The van der Waals surface area contributed by atoms with Crippen LogP contribution in [0.5, 0.6) is 5.75 Å². The van der Waals surface area contributed by atoms with E-state index in [1.807, 2.05) is 54.6 Å². The summed E-state index contributed by atoms with van der Waals surface area (Å²) in [4.78, 5) is 28.4. The molecule has 1 saturated heterocycles. The minimum Gasteiger partial charge on any atom is -0.507 e. The van der Waals surface area contributed by atoms with Crippen molar-refractivity contribution in [2.45, 2.75) is 22.7 Å². The van der Waals surface area contributed by atoms with E-state index in [0.29, 0.717) is 38.6 Å². The van der Waals surface area contributed by atoms with Gasteiger partial charge in [0.15, 0.2) is 4.34 Å². The van der Waals surface area contributed by atoms with Crippen LogP contribution in [0.1, 0.15) is 28.3 Å². The van der Waals surface area contributed by atoms with Gasteiger partial charge in [-0.2, -0.15) is 0 Å². The molecular formula is C33H23BrClN3O4S2. The Balaban J connectivity index is 1.33. The summed E-state index contributed by atoms with van der Waals surface area (Å²) in [7, 11) is 0.